The fourth-order valence-corrected chi connectivity index (χ4v) is 3.00. The average molecular weight is 381 g/mol. The van der Waals surface area contributed by atoms with Crippen molar-refractivity contribution in [2.45, 2.75) is 32.9 Å². The Morgan fingerprint density at radius 2 is 1.89 bits per heavy atom. The van der Waals surface area contributed by atoms with Crippen molar-refractivity contribution in [2.75, 3.05) is 6.54 Å². The number of carbonyl (C=O) groups is 2. The third-order valence-electron chi connectivity index (χ3n) is 4.38. The van der Waals surface area contributed by atoms with Crippen LogP contribution in [0.3, 0.4) is 0 Å². The molecule has 28 heavy (non-hydrogen) atoms. The van der Waals surface area contributed by atoms with Crippen molar-refractivity contribution < 1.29 is 14.0 Å². The number of hydrogen-bond acceptors (Lipinski definition) is 4. The second-order valence-electron chi connectivity index (χ2n) is 6.43. The number of hydrogen-bond donors (Lipinski definition) is 2. The van der Waals surface area contributed by atoms with Gasteiger partial charge in [0.05, 0.1) is 5.52 Å². The lowest BCUT2D eigenvalue weighted by Crippen LogP contribution is -2.25. The standard InChI is InChI=1S/C21H23N3O4/c1-2-22-20(26)16-8-5-7-15(13-16)14-23-19(25)11-6-12-24-17-9-3-4-10-18(17)28-21(24)27/h3-5,7-10,13H,2,6,11-12,14H2,1H3,(H,22,26)(H,23,25). The van der Waals surface area contributed by atoms with E-state index in [4.69, 9.17) is 4.42 Å². The Morgan fingerprint density at radius 1 is 1.07 bits per heavy atom. The van der Waals surface area contributed by atoms with Crippen molar-refractivity contribution >= 4 is 22.9 Å². The molecule has 0 atom stereocenters. The van der Waals surface area contributed by atoms with Crippen LogP contribution in [0, 0.1) is 0 Å². The normalized spacial score (nSPS) is 10.8. The SMILES string of the molecule is CCNC(=O)c1cccc(CNC(=O)CCCn2c(=O)oc3ccccc32)c1. The van der Waals surface area contributed by atoms with Crippen molar-refractivity contribution in [1.29, 1.82) is 0 Å². The molecule has 0 fully saturated rings. The van der Waals surface area contributed by atoms with Crippen LogP contribution >= 0.6 is 0 Å². The van der Waals surface area contributed by atoms with Crippen LogP contribution in [0.5, 0.6) is 0 Å². The van der Waals surface area contributed by atoms with Crippen LogP contribution in [0.4, 0.5) is 0 Å². The Balaban J connectivity index is 1.50. The molecule has 7 heteroatoms. The Bertz CT molecular complexity index is 1040. The van der Waals surface area contributed by atoms with Gasteiger partial charge in [0.15, 0.2) is 5.58 Å². The van der Waals surface area contributed by atoms with E-state index in [1.165, 1.54) is 0 Å². The molecule has 7 nitrogen and oxygen atoms in total. The molecule has 0 aliphatic rings. The van der Waals surface area contributed by atoms with E-state index in [-0.39, 0.29) is 11.8 Å². The molecule has 0 unspecified atom stereocenters. The smallest absolute Gasteiger partial charge is 0.408 e. The van der Waals surface area contributed by atoms with Gasteiger partial charge < -0.3 is 15.1 Å². The fourth-order valence-electron chi connectivity index (χ4n) is 3.00. The van der Waals surface area contributed by atoms with Gasteiger partial charge in [0, 0.05) is 31.6 Å². The molecule has 2 N–H and O–H groups in total. The number of nitrogens with zero attached hydrogens (tertiary/aromatic N) is 1. The Kier molecular flexibility index (Phi) is 6.26. The predicted molar refractivity (Wildman–Crippen MR) is 106 cm³/mol. The van der Waals surface area contributed by atoms with E-state index in [9.17, 15) is 14.4 Å². The fraction of sp³-hybridized carbons (Fsp3) is 0.286. The van der Waals surface area contributed by atoms with Crippen molar-refractivity contribution in [3.8, 4) is 0 Å². The van der Waals surface area contributed by atoms with Crippen LogP contribution in [-0.2, 0) is 17.9 Å². The maximum absolute atomic E-state index is 12.1. The summed E-state index contributed by atoms with van der Waals surface area (Å²) in [6.07, 6.45) is 0.816. The highest BCUT2D eigenvalue weighted by Crippen LogP contribution is 2.12. The summed E-state index contributed by atoms with van der Waals surface area (Å²) in [5.41, 5.74) is 2.70. The zero-order valence-corrected chi connectivity index (χ0v) is 15.7. The van der Waals surface area contributed by atoms with Gasteiger partial charge in [0.2, 0.25) is 5.91 Å². The highest BCUT2D eigenvalue weighted by molar-refractivity contribution is 5.94. The van der Waals surface area contributed by atoms with Crippen LogP contribution in [0.15, 0.2) is 57.7 Å². The summed E-state index contributed by atoms with van der Waals surface area (Å²) in [5, 5.41) is 5.60. The van der Waals surface area contributed by atoms with Gasteiger partial charge >= 0.3 is 5.76 Å². The first kappa shape index (κ1) is 19.4. The number of para-hydroxylation sites is 2. The molecule has 0 bridgehead atoms. The summed E-state index contributed by atoms with van der Waals surface area (Å²) in [6, 6.07) is 14.4. The lowest BCUT2D eigenvalue weighted by Gasteiger charge is -2.08. The molecular weight excluding hydrogens is 358 g/mol. The van der Waals surface area contributed by atoms with Crippen LogP contribution in [0.25, 0.3) is 11.1 Å². The minimum Gasteiger partial charge on any atom is -0.408 e. The van der Waals surface area contributed by atoms with Gasteiger partial charge in [-0.25, -0.2) is 4.79 Å². The van der Waals surface area contributed by atoms with E-state index in [0.717, 1.165) is 11.1 Å². The monoisotopic (exact) mass is 381 g/mol. The molecule has 0 saturated heterocycles. The quantitative estimate of drug-likeness (QED) is 0.627. The lowest BCUT2D eigenvalue weighted by atomic mass is 10.1. The number of oxazole rings is 1. The number of nitrogens with one attached hydrogen (secondary N) is 2. The van der Waals surface area contributed by atoms with E-state index in [1.54, 1.807) is 28.8 Å². The second kappa shape index (κ2) is 9.03. The number of benzene rings is 2. The summed E-state index contributed by atoms with van der Waals surface area (Å²) in [6.45, 7) is 3.19. The molecule has 0 radical (unpaired) electrons. The maximum Gasteiger partial charge on any atom is 0.419 e. The number of rotatable bonds is 8. The van der Waals surface area contributed by atoms with Gasteiger partial charge in [-0.15, -0.1) is 0 Å². The van der Waals surface area contributed by atoms with Crippen molar-refractivity contribution in [3.63, 3.8) is 0 Å². The summed E-state index contributed by atoms with van der Waals surface area (Å²) in [4.78, 5) is 35.9. The molecule has 3 aromatic rings. The molecule has 1 heterocycles. The molecule has 3 rings (SSSR count). The summed E-state index contributed by atoms with van der Waals surface area (Å²) in [7, 11) is 0. The molecular formula is C21H23N3O4. The third-order valence-corrected chi connectivity index (χ3v) is 4.38. The highest BCUT2D eigenvalue weighted by Gasteiger charge is 2.10. The topological polar surface area (TPSA) is 93.3 Å². The van der Waals surface area contributed by atoms with E-state index >= 15 is 0 Å². The Morgan fingerprint density at radius 3 is 2.71 bits per heavy atom. The van der Waals surface area contributed by atoms with Gasteiger partial charge in [0.1, 0.15) is 0 Å². The van der Waals surface area contributed by atoms with E-state index in [0.29, 0.717) is 43.6 Å². The molecule has 1 aromatic heterocycles. The zero-order valence-electron chi connectivity index (χ0n) is 15.7. The first-order valence-electron chi connectivity index (χ1n) is 9.30. The van der Waals surface area contributed by atoms with Gasteiger partial charge in [-0.2, -0.15) is 0 Å². The first-order valence-corrected chi connectivity index (χ1v) is 9.30. The minimum absolute atomic E-state index is 0.107. The molecule has 2 amide bonds. The lowest BCUT2D eigenvalue weighted by molar-refractivity contribution is -0.121. The largest absolute Gasteiger partial charge is 0.419 e. The van der Waals surface area contributed by atoms with Crippen LogP contribution < -0.4 is 16.4 Å². The molecule has 0 aliphatic heterocycles. The van der Waals surface area contributed by atoms with Crippen LogP contribution in [0.1, 0.15) is 35.7 Å². The number of amides is 2. The summed E-state index contributed by atoms with van der Waals surface area (Å²) in [5.74, 6) is -0.651. The van der Waals surface area contributed by atoms with Crippen molar-refractivity contribution in [1.82, 2.24) is 15.2 Å². The maximum atomic E-state index is 12.1. The number of aromatic nitrogens is 1. The number of carbonyl (C=O) groups excluding carboxylic acids is 2. The Hall–Kier alpha value is -3.35. The van der Waals surface area contributed by atoms with Crippen LogP contribution in [0.2, 0.25) is 0 Å². The summed E-state index contributed by atoms with van der Waals surface area (Å²) >= 11 is 0. The highest BCUT2D eigenvalue weighted by atomic mass is 16.4. The molecule has 0 aliphatic carbocycles. The first-order chi connectivity index (χ1) is 13.6. The molecule has 2 aromatic carbocycles. The van der Waals surface area contributed by atoms with Gasteiger partial charge in [-0.05, 0) is 43.2 Å². The van der Waals surface area contributed by atoms with Crippen molar-refractivity contribution in [3.05, 3.63) is 70.2 Å². The average Bonchev–Trinajstić information content (AvgIpc) is 3.02. The van der Waals surface area contributed by atoms with Gasteiger partial charge in [-0.3, -0.25) is 14.2 Å². The third kappa shape index (κ3) is 4.68. The molecule has 0 saturated carbocycles. The minimum atomic E-state index is -0.413. The zero-order chi connectivity index (χ0) is 19.9. The van der Waals surface area contributed by atoms with Crippen molar-refractivity contribution in [2.24, 2.45) is 0 Å². The van der Waals surface area contributed by atoms with E-state index < -0.39 is 5.76 Å². The molecule has 0 spiro atoms. The van der Waals surface area contributed by atoms with E-state index in [2.05, 4.69) is 10.6 Å². The number of aryl methyl sites for hydroxylation is 1. The summed E-state index contributed by atoms with van der Waals surface area (Å²) < 4.78 is 6.72. The van der Waals surface area contributed by atoms with E-state index in [1.807, 2.05) is 31.2 Å². The molecule has 146 valence electrons. The van der Waals surface area contributed by atoms with Crippen LogP contribution in [-0.4, -0.2) is 22.9 Å². The number of fused-ring (bicyclic) bond motifs is 1. The van der Waals surface area contributed by atoms with Gasteiger partial charge in [-0.1, -0.05) is 24.3 Å². The van der Waals surface area contributed by atoms with Gasteiger partial charge in [0.25, 0.3) is 5.91 Å². The second-order valence-corrected chi connectivity index (χ2v) is 6.43. The Labute approximate surface area is 162 Å². The predicted octanol–water partition coefficient (Wildman–Crippen LogP) is 2.44.